The first kappa shape index (κ1) is 9.22. The zero-order valence-electron chi connectivity index (χ0n) is 9.03. The van der Waals surface area contributed by atoms with Crippen molar-refractivity contribution in [1.82, 2.24) is 0 Å². The van der Waals surface area contributed by atoms with Crippen molar-refractivity contribution in [3.05, 3.63) is 29.8 Å². The molecule has 2 heteroatoms. The molecule has 0 unspecified atom stereocenters. The van der Waals surface area contributed by atoms with E-state index in [0.29, 0.717) is 6.10 Å². The lowest BCUT2D eigenvalue weighted by molar-refractivity contribution is 0.288. The lowest BCUT2D eigenvalue weighted by atomic mass is 9.84. The van der Waals surface area contributed by atoms with Crippen LogP contribution in [0.25, 0.3) is 0 Å². The maximum Gasteiger partial charge on any atom is 0.120 e. The minimum Gasteiger partial charge on any atom is -0.497 e. The standard InChI is InChI=1S/C13H16O2/c1-14-11-6-4-5-10(9-11)13-8-3-2-7-12(13)15-13/h4-6,9,12H,2-3,7-8H2,1H3/t12-,13-/m1/s1. The van der Waals surface area contributed by atoms with Gasteiger partial charge in [-0.05, 0) is 30.5 Å². The summed E-state index contributed by atoms with van der Waals surface area (Å²) in [5.74, 6) is 0.932. The highest BCUT2D eigenvalue weighted by Gasteiger charge is 2.58. The molecule has 1 heterocycles. The van der Waals surface area contributed by atoms with Crippen LogP contribution in [-0.2, 0) is 10.3 Å². The maximum absolute atomic E-state index is 5.90. The highest BCUT2D eigenvalue weighted by Crippen LogP contribution is 2.55. The zero-order chi connectivity index (χ0) is 10.3. The quantitative estimate of drug-likeness (QED) is 0.691. The SMILES string of the molecule is COc1cccc([C@]23CCCC[C@H]2O3)c1. The first-order chi connectivity index (χ1) is 7.35. The van der Waals surface area contributed by atoms with E-state index in [1.54, 1.807) is 7.11 Å². The molecular formula is C13H16O2. The van der Waals surface area contributed by atoms with Crippen molar-refractivity contribution < 1.29 is 9.47 Å². The van der Waals surface area contributed by atoms with E-state index >= 15 is 0 Å². The predicted molar refractivity (Wildman–Crippen MR) is 58.0 cm³/mol. The van der Waals surface area contributed by atoms with Crippen molar-refractivity contribution in [2.24, 2.45) is 0 Å². The Kier molecular flexibility index (Phi) is 1.99. The van der Waals surface area contributed by atoms with E-state index in [-0.39, 0.29) is 5.60 Å². The Morgan fingerprint density at radius 2 is 2.33 bits per heavy atom. The Hall–Kier alpha value is -1.02. The van der Waals surface area contributed by atoms with Gasteiger partial charge in [0, 0.05) is 0 Å². The Balaban J connectivity index is 1.92. The normalized spacial score (nSPS) is 33.3. The molecule has 1 saturated carbocycles. The molecule has 0 radical (unpaired) electrons. The molecule has 2 aliphatic rings. The molecule has 1 aliphatic heterocycles. The van der Waals surface area contributed by atoms with E-state index in [1.807, 2.05) is 6.07 Å². The molecule has 3 rings (SSSR count). The van der Waals surface area contributed by atoms with Crippen LogP contribution in [0.3, 0.4) is 0 Å². The van der Waals surface area contributed by atoms with Crippen molar-refractivity contribution >= 4 is 0 Å². The number of methoxy groups -OCH3 is 1. The second-order valence-corrected chi connectivity index (χ2v) is 4.47. The average molecular weight is 204 g/mol. The smallest absolute Gasteiger partial charge is 0.120 e. The van der Waals surface area contributed by atoms with E-state index in [1.165, 1.54) is 31.2 Å². The largest absolute Gasteiger partial charge is 0.497 e. The fourth-order valence-electron chi connectivity index (χ4n) is 2.73. The summed E-state index contributed by atoms with van der Waals surface area (Å²) in [7, 11) is 1.71. The number of hydrogen-bond donors (Lipinski definition) is 0. The fourth-order valence-corrected chi connectivity index (χ4v) is 2.73. The van der Waals surface area contributed by atoms with Crippen LogP contribution in [0, 0.1) is 0 Å². The van der Waals surface area contributed by atoms with Crippen LogP contribution in [0.1, 0.15) is 31.2 Å². The van der Waals surface area contributed by atoms with Crippen LogP contribution in [0.5, 0.6) is 5.75 Å². The van der Waals surface area contributed by atoms with Crippen LogP contribution in [0.2, 0.25) is 0 Å². The van der Waals surface area contributed by atoms with Gasteiger partial charge in [-0.15, -0.1) is 0 Å². The highest BCUT2D eigenvalue weighted by molar-refractivity contribution is 5.36. The van der Waals surface area contributed by atoms with E-state index in [9.17, 15) is 0 Å². The Bertz CT molecular complexity index is 375. The molecule has 2 atom stereocenters. The van der Waals surface area contributed by atoms with Gasteiger partial charge in [0.2, 0.25) is 0 Å². The summed E-state index contributed by atoms with van der Waals surface area (Å²) in [6.45, 7) is 0. The van der Waals surface area contributed by atoms with Crippen LogP contribution in [0.15, 0.2) is 24.3 Å². The molecule has 1 aromatic rings. The zero-order valence-corrected chi connectivity index (χ0v) is 9.03. The highest BCUT2D eigenvalue weighted by atomic mass is 16.6. The van der Waals surface area contributed by atoms with Gasteiger partial charge in [0.15, 0.2) is 0 Å². The van der Waals surface area contributed by atoms with Gasteiger partial charge < -0.3 is 9.47 Å². The number of rotatable bonds is 2. The molecule has 0 spiro atoms. The van der Waals surface area contributed by atoms with E-state index in [2.05, 4.69) is 18.2 Å². The summed E-state index contributed by atoms with van der Waals surface area (Å²) in [5, 5.41) is 0. The lowest BCUT2D eigenvalue weighted by Gasteiger charge is -2.17. The monoisotopic (exact) mass is 204 g/mol. The van der Waals surface area contributed by atoms with Crippen molar-refractivity contribution in [2.75, 3.05) is 7.11 Å². The first-order valence-corrected chi connectivity index (χ1v) is 5.67. The molecule has 2 nitrogen and oxygen atoms in total. The molecule has 80 valence electrons. The Morgan fingerprint density at radius 3 is 3.13 bits per heavy atom. The number of hydrogen-bond acceptors (Lipinski definition) is 2. The van der Waals surface area contributed by atoms with Crippen molar-refractivity contribution in [3.63, 3.8) is 0 Å². The van der Waals surface area contributed by atoms with Crippen molar-refractivity contribution in [1.29, 1.82) is 0 Å². The minimum atomic E-state index is 0.0484. The van der Waals surface area contributed by atoms with Gasteiger partial charge in [-0.3, -0.25) is 0 Å². The summed E-state index contributed by atoms with van der Waals surface area (Å²) < 4.78 is 11.1. The van der Waals surface area contributed by atoms with Crippen LogP contribution in [-0.4, -0.2) is 13.2 Å². The minimum absolute atomic E-state index is 0.0484. The summed E-state index contributed by atoms with van der Waals surface area (Å²) in [6.07, 6.45) is 5.46. The molecule has 15 heavy (non-hydrogen) atoms. The molecule has 1 aliphatic carbocycles. The maximum atomic E-state index is 5.90. The van der Waals surface area contributed by atoms with Gasteiger partial charge in [0.1, 0.15) is 11.4 Å². The van der Waals surface area contributed by atoms with Crippen molar-refractivity contribution in [3.8, 4) is 5.75 Å². The first-order valence-electron chi connectivity index (χ1n) is 5.67. The molecule has 0 bridgehead atoms. The van der Waals surface area contributed by atoms with E-state index < -0.39 is 0 Å². The number of epoxide rings is 1. The number of ether oxygens (including phenoxy) is 2. The van der Waals surface area contributed by atoms with E-state index in [0.717, 1.165) is 5.75 Å². The third-order valence-electron chi connectivity index (χ3n) is 3.64. The van der Waals surface area contributed by atoms with Gasteiger partial charge in [-0.2, -0.15) is 0 Å². The number of fused-ring (bicyclic) bond motifs is 1. The van der Waals surface area contributed by atoms with Gasteiger partial charge in [0.25, 0.3) is 0 Å². The summed E-state index contributed by atoms with van der Waals surface area (Å²) >= 11 is 0. The Labute approximate surface area is 90.2 Å². The number of benzene rings is 1. The molecule has 0 aromatic heterocycles. The lowest BCUT2D eigenvalue weighted by Crippen LogP contribution is -2.16. The summed E-state index contributed by atoms with van der Waals surface area (Å²) in [4.78, 5) is 0. The van der Waals surface area contributed by atoms with Crippen molar-refractivity contribution in [2.45, 2.75) is 37.4 Å². The second-order valence-electron chi connectivity index (χ2n) is 4.47. The molecule has 1 aromatic carbocycles. The van der Waals surface area contributed by atoms with Crippen LogP contribution >= 0.6 is 0 Å². The van der Waals surface area contributed by atoms with Gasteiger partial charge in [-0.1, -0.05) is 25.0 Å². The topological polar surface area (TPSA) is 21.8 Å². The molecule has 2 fully saturated rings. The Morgan fingerprint density at radius 1 is 1.40 bits per heavy atom. The second kappa shape index (κ2) is 3.24. The predicted octanol–water partition coefficient (Wildman–Crippen LogP) is 2.86. The average Bonchev–Trinajstić information content (AvgIpc) is 3.05. The van der Waals surface area contributed by atoms with Gasteiger partial charge >= 0.3 is 0 Å². The van der Waals surface area contributed by atoms with E-state index in [4.69, 9.17) is 9.47 Å². The van der Waals surface area contributed by atoms with Gasteiger partial charge in [-0.25, -0.2) is 0 Å². The van der Waals surface area contributed by atoms with Crippen LogP contribution < -0.4 is 4.74 Å². The van der Waals surface area contributed by atoms with Gasteiger partial charge in [0.05, 0.1) is 13.2 Å². The van der Waals surface area contributed by atoms with Crippen LogP contribution in [0.4, 0.5) is 0 Å². The third kappa shape index (κ3) is 1.36. The molecule has 0 amide bonds. The summed E-state index contributed by atoms with van der Waals surface area (Å²) in [6, 6.07) is 8.32. The molecule has 1 saturated heterocycles. The summed E-state index contributed by atoms with van der Waals surface area (Å²) in [5.41, 5.74) is 1.35. The molecule has 0 N–H and O–H groups in total. The molecular weight excluding hydrogens is 188 g/mol. The fraction of sp³-hybridized carbons (Fsp3) is 0.538. The third-order valence-corrected chi connectivity index (χ3v) is 3.64.